The van der Waals surface area contributed by atoms with E-state index in [1.54, 1.807) is 11.6 Å². The van der Waals surface area contributed by atoms with Crippen LogP contribution in [0.1, 0.15) is 66.8 Å². The van der Waals surface area contributed by atoms with Gasteiger partial charge in [0, 0.05) is 63.8 Å². The van der Waals surface area contributed by atoms with Gasteiger partial charge in [0.2, 0.25) is 11.8 Å². The number of amides is 3. The summed E-state index contributed by atoms with van der Waals surface area (Å²) in [6.07, 6.45) is 1.34. The lowest BCUT2D eigenvalue weighted by atomic mass is 9.85. The summed E-state index contributed by atoms with van der Waals surface area (Å²) in [6.45, 7) is 4.24. The first kappa shape index (κ1) is 36.4. The van der Waals surface area contributed by atoms with E-state index in [-0.39, 0.29) is 36.2 Å². The van der Waals surface area contributed by atoms with E-state index in [9.17, 15) is 36.7 Å². The number of halogens is 4. The Morgan fingerprint density at radius 3 is 2.44 bits per heavy atom. The molecule has 0 radical (unpaired) electrons. The third-order valence-corrected chi connectivity index (χ3v) is 11.2. The SMILES string of the molecule is Cn1c(=O)n(C2CCC(=O)NC2=O)c2cccc(N3CCN(C[C@H]4CC[C@H](n5cc6cc(NC(=O)c7cccc(C(F)(F)F)n7)c(F)cc6n5)CC4)CC3)c21. The average molecular weight is 762 g/mol. The molecule has 2 aromatic carbocycles. The van der Waals surface area contributed by atoms with Crippen molar-refractivity contribution < 1.29 is 31.9 Å². The Morgan fingerprint density at radius 1 is 0.964 bits per heavy atom. The molecule has 5 heterocycles. The number of aromatic nitrogens is 5. The van der Waals surface area contributed by atoms with Crippen molar-refractivity contribution in [3.63, 3.8) is 0 Å². The van der Waals surface area contributed by atoms with Crippen molar-refractivity contribution >= 4 is 51.0 Å². The van der Waals surface area contributed by atoms with Gasteiger partial charge < -0.3 is 10.2 Å². The van der Waals surface area contributed by atoms with E-state index in [4.69, 9.17) is 0 Å². The van der Waals surface area contributed by atoms with Crippen LogP contribution in [0, 0.1) is 11.7 Å². The van der Waals surface area contributed by atoms with Gasteiger partial charge in [0.15, 0.2) is 0 Å². The summed E-state index contributed by atoms with van der Waals surface area (Å²) in [5.41, 5.74) is 0.647. The highest BCUT2D eigenvalue weighted by molar-refractivity contribution is 6.04. The number of piperidine rings is 1. The van der Waals surface area contributed by atoms with E-state index in [2.05, 4.69) is 30.5 Å². The predicted molar refractivity (Wildman–Crippen MR) is 195 cm³/mol. The average Bonchev–Trinajstić information content (AvgIpc) is 3.69. The molecule has 0 bridgehead atoms. The van der Waals surface area contributed by atoms with E-state index in [1.165, 1.54) is 16.7 Å². The predicted octanol–water partition coefficient (Wildman–Crippen LogP) is 5.03. The maximum Gasteiger partial charge on any atom is 0.433 e. The van der Waals surface area contributed by atoms with Crippen LogP contribution < -0.4 is 21.2 Å². The highest BCUT2D eigenvalue weighted by atomic mass is 19.4. The number of fused-ring (bicyclic) bond motifs is 2. The van der Waals surface area contributed by atoms with E-state index < -0.39 is 41.2 Å². The third-order valence-electron chi connectivity index (χ3n) is 11.2. The fourth-order valence-corrected chi connectivity index (χ4v) is 8.28. The monoisotopic (exact) mass is 761 g/mol. The number of imide groups is 1. The zero-order chi connectivity index (χ0) is 38.6. The van der Waals surface area contributed by atoms with E-state index in [1.807, 2.05) is 29.1 Å². The number of aryl methyl sites for hydroxylation is 1. The fourth-order valence-electron chi connectivity index (χ4n) is 8.28. The Morgan fingerprint density at radius 2 is 1.71 bits per heavy atom. The molecule has 3 aliphatic rings. The molecule has 2 N–H and O–H groups in total. The second-order valence-electron chi connectivity index (χ2n) is 14.6. The molecule has 2 saturated heterocycles. The number of alkyl halides is 3. The minimum Gasteiger partial charge on any atom is -0.367 e. The van der Waals surface area contributed by atoms with Crippen molar-refractivity contribution in [1.82, 2.24) is 34.1 Å². The number of anilines is 2. The van der Waals surface area contributed by atoms with Crippen LogP contribution in [0.25, 0.3) is 21.9 Å². The number of nitrogens with zero attached hydrogens (tertiary/aromatic N) is 7. The number of pyridine rings is 1. The van der Waals surface area contributed by atoms with E-state index >= 15 is 0 Å². The smallest absolute Gasteiger partial charge is 0.367 e. The van der Waals surface area contributed by atoms with Gasteiger partial charge in [-0.3, -0.25) is 38.4 Å². The molecule has 3 amide bonds. The Bertz CT molecular complexity index is 2370. The number of rotatable bonds is 7. The van der Waals surface area contributed by atoms with Gasteiger partial charge in [0.25, 0.3) is 5.91 Å². The van der Waals surface area contributed by atoms with Crippen molar-refractivity contribution in [3.05, 3.63) is 82.4 Å². The molecule has 17 heteroatoms. The van der Waals surface area contributed by atoms with Crippen LogP contribution in [0.3, 0.4) is 0 Å². The number of para-hydroxylation sites is 1. The zero-order valence-corrected chi connectivity index (χ0v) is 30.0. The summed E-state index contributed by atoms with van der Waals surface area (Å²) in [5, 5.41) is 9.92. The van der Waals surface area contributed by atoms with Crippen LogP contribution >= 0.6 is 0 Å². The van der Waals surface area contributed by atoms with Gasteiger partial charge in [0.05, 0.1) is 34.0 Å². The van der Waals surface area contributed by atoms with E-state index in [0.29, 0.717) is 22.3 Å². The molecule has 13 nitrogen and oxygen atoms in total. The van der Waals surface area contributed by atoms with Gasteiger partial charge in [-0.2, -0.15) is 18.3 Å². The quantitative estimate of drug-likeness (QED) is 0.174. The summed E-state index contributed by atoms with van der Waals surface area (Å²) in [5.74, 6) is -1.99. The van der Waals surface area contributed by atoms with Crippen molar-refractivity contribution in [3.8, 4) is 0 Å². The molecular weight excluding hydrogens is 722 g/mol. The summed E-state index contributed by atoms with van der Waals surface area (Å²) < 4.78 is 59.2. The number of hydrogen-bond acceptors (Lipinski definition) is 8. The lowest BCUT2D eigenvalue weighted by Crippen LogP contribution is -2.48. The van der Waals surface area contributed by atoms with Crippen LogP contribution in [-0.2, 0) is 22.8 Å². The van der Waals surface area contributed by atoms with Gasteiger partial charge in [-0.05, 0) is 68.4 Å². The summed E-state index contributed by atoms with van der Waals surface area (Å²) in [4.78, 5) is 58.6. The Labute approximate surface area is 311 Å². The van der Waals surface area contributed by atoms with Crippen molar-refractivity contribution in [1.29, 1.82) is 0 Å². The maximum absolute atomic E-state index is 15.0. The molecule has 8 rings (SSSR count). The van der Waals surface area contributed by atoms with Gasteiger partial charge in [-0.1, -0.05) is 12.1 Å². The normalized spacial score (nSPS) is 21.3. The summed E-state index contributed by atoms with van der Waals surface area (Å²) in [7, 11) is 1.72. The minimum absolute atomic E-state index is 0.121. The van der Waals surface area contributed by atoms with Crippen LogP contribution in [0.5, 0.6) is 0 Å². The van der Waals surface area contributed by atoms with Crippen LogP contribution in [0.4, 0.5) is 28.9 Å². The molecule has 1 aliphatic carbocycles. The van der Waals surface area contributed by atoms with Crippen molar-refractivity contribution in [2.75, 3.05) is 42.9 Å². The Kier molecular flexibility index (Phi) is 9.43. The maximum atomic E-state index is 15.0. The fraction of sp³-hybridized carbons (Fsp3) is 0.421. The number of hydrogen-bond donors (Lipinski definition) is 2. The van der Waals surface area contributed by atoms with Crippen molar-refractivity contribution in [2.45, 2.75) is 56.8 Å². The summed E-state index contributed by atoms with van der Waals surface area (Å²) in [6, 6.07) is 10.8. The molecule has 2 aliphatic heterocycles. The number of carbonyl (C=O) groups excluding carboxylic acids is 3. The second kappa shape index (κ2) is 14.2. The number of benzene rings is 2. The first-order chi connectivity index (χ1) is 26.3. The molecule has 1 saturated carbocycles. The Hall–Kier alpha value is -5.58. The van der Waals surface area contributed by atoms with Gasteiger partial charge in [0.1, 0.15) is 23.2 Å². The van der Waals surface area contributed by atoms with Crippen LogP contribution in [0.2, 0.25) is 0 Å². The largest absolute Gasteiger partial charge is 0.433 e. The summed E-state index contributed by atoms with van der Waals surface area (Å²) >= 11 is 0. The minimum atomic E-state index is -4.72. The molecule has 3 fully saturated rings. The molecule has 288 valence electrons. The second-order valence-corrected chi connectivity index (χ2v) is 14.6. The van der Waals surface area contributed by atoms with Gasteiger partial charge >= 0.3 is 11.9 Å². The molecule has 55 heavy (non-hydrogen) atoms. The van der Waals surface area contributed by atoms with Crippen LogP contribution in [-0.4, -0.2) is 79.2 Å². The van der Waals surface area contributed by atoms with Crippen molar-refractivity contribution in [2.24, 2.45) is 13.0 Å². The highest BCUT2D eigenvalue weighted by Gasteiger charge is 2.34. The zero-order valence-electron chi connectivity index (χ0n) is 30.0. The lowest BCUT2D eigenvalue weighted by Gasteiger charge is -2.39. The third kappa shape index (κ3) is 7.08. The molecule has 1 unspecified atom stereocenters. The number of piperazine rings is 1. The first-order valence-corrected chi connectivity index (χ1v) is 18.4. The molecule has 1 atom stereocenters. The topological polar surface area (TPSA) is 139 Å². The molecular formula is C38H39F4N9O4. The first-order valence-electron chi connectivity index (χ1n) is 18.4. The van der Waals surface area contributed by atoms with E-state index in [0.717, 1.165) is 87.8 Å². The number of imidazole rings is 1. The number of carbonyl (C=O) groups is 3. The standard InChI is InChI=1S/C38H39F4N9O4/c1-47-34-29(5-3-6-30(34)51(37(47)55)31-12-13-33(52)45-36(31)54)49-16-14-48(15-17-49)20-22-8-10-24(11-9-22)50-21-23-18-28(25(39)19-27(23)46-50)44-35(53)26-4-2-7-32(43-26)38(40,41)42/h2-7,18-19,21-22,24,31H,8-17,20H2,1H3,(H,44,53)(H,45,52,54)/t22-,24-,31?. The molecule has 3 aromatic heterocycles. The van der Waals surface area contributed by atoms with Gasteiger partial charge in [-0.15, -0.1) is 0 Å². The van der Waals surface area contributed by atoms with Crippen LogP contribution in [0.15, 0.2) is 59.5 Å². The highest BCUT2D eigenvalue weighted by Crippen LogP contribution is 2.35. The number of nitrogens with one attached hydrogen (secondary N) is 2. The molecule has 5 aromatic rings. The lowest BCUT2D eigenvalue weighted by molar-refractivity contribution is -0.141. The Balaban J connectivity index is 0.868. The van der Waals surface area contributed by atoms with Gasteiger partial charge in [-0.25, -0.2) is 14.2 Å². The molecule has 0 spiro atoms.